The van der Waals surface area contributed by atoms with Gasteiger partial charge in [-0.3, -0.25) is 4.55 Å². The van der Waals surface area contributed by atoms with Crippen LogP contribution in [0.15, 0.2) is 29.8 Å². The molecule has 5 nitrogen and oxygen atoms in total. The molecular weight excluding hydrogens is 328 g/mol. The number of aromatic hydroxyl groups is 1. The summed E-state index contributed by atoms with van der Waals surface area (Å²) in [4.78, 5) is 0. The van der Waals surface area contributed by atoms with Crippen molar-refractivity contribution in [3.05, 3.63) is 41.0 Å². The minimum absolute atomic E-state index is 0.257. The van der Waals surface area contributed by atoms with Crippen LogP contribution in [0, 0.1) is 11.3 Å². The molecule has 2 fully saturated rings. The summed E-state index contributed by atoms with van der Waals surface area (Å²) in [6, 6.07) is 5.61. The first-order valence-corrected chi connectivity index (χ1v) is 9.82. The molecule has 0 spiro atoms. The summed E-state index contributed by atoms with van der Waals surface area (Å²) in [7, 11) is -4.43. The zero-order valence-corrected chi connectivity index (χ0v) is 14.4. The van der Waals surface area contributed by atoms with E-state index in [2.05, 4.69) is 13.0 Å². The number of allylic oxidation sites excluding steroid dienone is 2. The van der Waals surface area contributed by atoms with E-state index in [0.29, 0.717) is 18.1 Å². The molecule has 1 aromatic carbocycles. The Kier molecular flexibility index (Phi) is 3.57. The molecule has 0 unspecified atom stereocenters. The molecule has 1 aromatic rings. The van der Waals surface area contributed by atoms with Crippen LogP contribution in [-0.2, 0) is 21.0 Å². The van der Waals surface area contributed by atoms with Crippen molar-refractivity contribution in [1.29, 1.82) is 0 Å². The Morgan fingerprint density at radius 3 is 2.79 bits per heavy atom. The van der Waals surface area contributed by atoms with Gasteiger partial charge in [-0.15, -0.1) is 0 Å². The van der Waals surface area contributed by atoms with Gasteiger partial charge in [0.1, 0.15) is 5.75 Å². The Morgan fingerprint density at radius 1 is 1.25 bits per heavy atom. The van der Waals surface area contributed by atoms with E-state index in [1.165, 1.54) is 16.7 Å². The monoisotopic (exact) mass is 350 g/mol. The summed E-state index contributed by atoms with van der Waals surface area (Å²) >= 11 is 0. The summed E-state index contributed by atoms with van der Waals surface area (Å²) in [5.41, 5.74) is 3.58. The first kappa shape index (κ1) is 16.1. The molecule has 0 radical (unpaired) electrons. The van der Waals surface area contributed by atoms with Crippen molar-refractivity contribution in [2.24, 2.45) is 11.3 Å². The second-order valence-corrected chi connectivity index (χ2v) is 8.58. The standard InChI is InChI=1S/C18H22O5S/c1-18-9-8-14-13-5-3-12(19)10-11(13)2-4-15(14)16(18)6-7-17(18)23-24(20,21)22/h3-5,10,14,16-17,19H,2,6-9H2,1H3,(H,20,21,22)/t14-,16+,17+,18+/m1/s1. The lowest BCUT2D eigenvalue weighted by atomic mass is 9.59. The number of hydrogen-bond acceptors (Lipinski definition) is 4. The summed E-state index contributed by atoms with van der Waals surface area (Å²) in [6.45, 7) is 2.09. The van der Waals surface area contributed by atoms with E-state index in [1.807, 2.05) is 12.1 Å². The maximum absolute atomic E-state index is 11.2. The number of fused-ring (bicyclic) bond motifs is 5. The highest BCUT2D eigenvalue weighted by atomic mass is 32.3. The van der Waals surface area contributed by atoms with E-state index >= 15 is 0 Å². The Labute approximate surface area is 142 Å². The lowest BCUT2D eigenvalue weighted by Crippen LogP contribution is -2.41. The molecule has 0 amide bonds. The Bertz CT molecular complexity index is 813. The fraction of sp³-hybridized carbons (Fsp3) is 0.556. The molecule has 4 rings (SSSR count). The van der Waals surface area contributed by atoms with Crippen LogP contribution in [0.5, 0.6) is 5.75 Å². The van der Waals surface area contributed by atoms with Crippen LogP contribution in [-0.4, -0.2) is 24.2 Å². The van der Waals surface area contributed by atoms with Crippen molar-refractivity contribution in [2.75, 3.05) is 0 Å². The lowest BCUT2D eigenvalue weighted by molar-refractivity contribution is 0.0411. The normalized spacial score (nSPS) is 34.9. The van der Waals surface area contributed by atoms with Gasteiger partial charge in [0.05, 0.1) is 6.10 Å². The fourth-order valence-corrected chi connectivity index (χ4v) is 5.82. The van der Waals surface area contributed by atoms with Crippen molar-refractivity contribution < 1.29 is 22.3 Å². The number of phenolic OH excluding ortho intramolecular Hbond substituents is 1. The molecule has 3 aliphatic carbocycles. The van der Waals surface area contributed by atoms with Crippen LogP contribution in [0.4, 0.5) is 0 Å². The molecule has 0 heterocycles. The molecular formula is C18H22O5S. The van der Waals surface area contributed by atoms with E-state index in [1.54, 1.807) is 6.07 Å². The van der Waals surface area contributed by atoms with Gasteiger partial charge in [0.25, 0.3) is 0 Å². The Hall–Kier alpha value is -1.37. The van der Waals surface area contributed by atoms with E-state index in [9.17, 15) is 13.5 Å². The van der Waals surface area contributed by atoms with Gasteiger partial charge < -0.3 is 5.11 Å². The van der Waals surface area contributed by atoms with Crippen LogP contribution in [0.1, 0.15) is 49.7 Å². The number of phenols is 1. The zero-order valence-electron chi connectivity index (χ0n) is 13.6. The van der Waals surface area contributed by atoms with Crippen LogP contribution < -0.4 is 0 Å². The Balaban J connectivity index is 1.67. The van der Waals surface area contributed by atoms with Gasteiger partial charge in [0.2, 0.25) is 0 Å². The molecule has 130 valence electrons. The van der Waals surface area contributed by atoms with Crippen LogP contribution >= 0.6 is 0 Å². The molecule has 4 atom stereocenters. The molecule has 0 aromatic heterocycles. The van der Waals surface area contributed by atoms with Gasteiger partial charge in [-0.2, -0.15) is 8.42 Å². The van der Waals surface area contributed by atoms with E-state index < -0.39 is 16.5 Å². The lowest BCUT2D eigenvalue weighted by Gasteiger charge is -2.46. The predicted molar refractivity (Wildman–Crippen MR) is 89.1 cm³/mol. The summed E-state index contributed by atoms with van der Waals surface area (Å²) < 4.78 is 36.4. The molecule has 0 saturated heterocycles. The van der Waals surface area contributed by atoms with Crippen LogP contribution in [0.25, 0.3) is 0 Å². The third-order valence-corrected chi connectivity index (χ3v) is 6.80. The average molecular weight is 350 g/mol. The maximum atomic E-state index is 11.2. The number of hydrogen-bond donors (Lipinski definition) is 2. The first-order valence-electron chi connectivity index (χ1n) is 8.45. The van der Waals surface area contributed by atoms with Gasteiger partial charge in [0.15, 0.2) is 0 Å². The maximum Gasteiger partial charge on any atom is 0.397 e. The van der Waals surface area contributed by atoms with E-state index in [4.69, 9.17) is 8.74 Å². The zero-order chi connectivity index (χ0) is 17.1. The fourth-order valence-electron chi connectivity index (χ4n) is 5.21. The Morgan fingerprint density at radius 2 is 2.04 bits per heavy atom. The minimum Gasteiger partial charge on any atom is -0.508 e. The molecule has 3 aliphatic rings. The minimum atomic E-state index is -4.43. The quantitative estimate of drug-likeness (QED) is 0.631. The largest absolute Gasteiger partial charge is 0.508 e. The van der Waals surface area contributed by atoms with Crippen molar-refractivity contribution in [3.8, 4) is 5.75 Å². The second kappa shape index (κ2) is 5.31. The predicted octanol–water partition coefficient (Wildman–Crippen LogP) is 3.36. The topological polar surface area (TPSA) is 83.8 Å². The third-order valence-electron chi connectivity index (χ3n) is 6.32. The van der Waals surface area contributed by atoms with Crippen molar-refractivity contribution in [1.82, 2.24) is 0 Å². The molecule has 24 heavy (non-hydrogen) atoms. The van der Waals surface area contributed by atoms with Gasteiger partial charge in [0, 0.05) is 11.3 Å². The van der Waals surface area contributed by atoms with Crippen LogP contribution in [0.3, 0.4) is 0 Å². The molecule has 0 bridgehead atoms. The summed E-state index contributed by atoms with van der Waals surface area (Å²) in [6.07, 6.45) is 5.92. The van der Waals surface area contributed by atoms with Gasteiger partial charge in [-0.05, 0) is 61.3 Å². The highest BCUT2D eigenvalue weighted by Crippen LogP contribution is 2.60. The first-order chi connectivity index (χ1) is 11.3. The van der Waals surface area contributed by atoms with E-state index in [0.717, 1.165) is 25.7 Å². The molecule has 2 N–H and O–H groups in total. The van der Waals surface area contributed by atoms with E-state index in [-0.39, 0.29) is 11.3 Å². The molecule has 2 saturated carbocycles. The summed E-state index contributed by atoms with van der Waals surface area (Å²) in [5, 5.41) is 9.70. The average Bonchev–Trinajstić information content (AvgIpc) is 2.82. The smallest absolute Gasteiger partial charge is 0.397 e. The number of rotatable bonds is 2. The van der Waals surface area contributed by atoms with Gasteiger partial charge >= 0.3 is 10.4 Å². The third kappa shape index (κ3) is 2.48. The van der Waals surface area contributed by atoms with Crippen molar-refractivity contribution in [2.45, 2.75) is 51.0 Å². The molecule has 6 heteroatoms. The van der Waals surface area contributed by atoms with Gasteiger partial charge in [-0.1, -0.05) is 24.6 Å². The summed E-state index contributed by atoms with van der Waals surface area (Å²) in [5.74, 6) is 0.926. The second-order valence-electron chi connectivity index (χ2n) is 7.53. The highest BCUT2D eigenvalue weighted by molar-refractivity contribution is 7.80. The van der Waals surface area contributed by atoms with Crippen molar-refractivity contribution >= 4 is 10.4 Å². The van der Waals surface area contributed by atoms with Gasteiger partial charge in [-0.25, -0.2) is 4.18 Å². The number of benzene rings is 1. The van der Waals surface area contributed by atoms with Crippen LogP contribution in [0.2, 0.25) is 0 Å². The highest BCUT2D eigenvalue weighted by Gasteiger charge is 2.54. The van der Waals surface area contributed by atoms with Crippen molar-refractivity contribution in [3.63, 3.8) is 0 Å². The SMILES string of the molecule is C[C@]12CC[C@H]3C(=CCc4cc(O)ccc43)[C@@H]1CC[C@@H]2OS(=O)(=O)O. The molecule has 0 aliphatic heterocycles.